The fraction of sp³-hybridized carbons (Fsp3) is 0. The van der Waals surface area contributed by atoms with Gasteiger partial charge in [-0.3, -0.25) is 0 Å². The highest BCUT2D eigenvalue weighted by Gasteiger charge is 2.18. The average molecular weight is 630 g/mol. The molecule has 0 aliphatic rings. The molecule has 6 nitrogen and oxygen atoms in total. The van der Waals surface area contributed by atoms with Crippen LogP contribution in [0, 0.1) is 0 Å². The van der Waals surface area contributed by atoms with Gasteiger partial charge in [0.1, 0.15) is 11.2 Å². The topological polar surface area (TPSA) is 77.6 Å². The van der Waals surface area contributed by atoms with E-state index in [0.717, 1.165) is 72.3 Å². The highest BCUT2D eigenvalue weighted by atomic mass is 16.3. The molecule has 230 valence electrons. The van der Waals surface area contributed by atoms with Crippen molar-refractivity contribution in [1.82, 2.24) is 25.1 Å². The maximum Gasteiger partial charge on any atom is 0.164 e. The summed E-state index contributed by atoms with van der Waals surface area (Å²) >= 11 is 0. The summed E-state index contributed by atoms with van der Waals surface area (Å²) in [6.07, 6.45) is 0. The van der Waals surface area contributed by atoms with Gasteiger partial charge in [0, 0.05) is 44.2 Å². The molecule has 0 saturated heterocycles. The van der Waals surface area contributed by atoms with Crippen molar-refractivity contribution in [2.45, 2.75) is 0 Å². The minimum atomic E-state index is 0.589. The van der Waals surface area contributed by atoms with Gasteiger partial charge in [-0.05, 0) is 35.9 Å². The standard InChI is InChI=1S/C43H27N5O/c1-4-12-29(13-5-1)37-24-25-38(48-47-37)30-22-20-28(21-23-30)35-26-33(27-36-34-18-10-11-19-39(34)49-40(35)36)43-45-41(31-14-6-2-7-15-31)44-42(46-43)32-16-8-3-9-17-32/h1-27H. The summed E-state index contributed by atoms with van der Waals surface area (Å²) in [5.41, 5.74) is 9.97. The zero-order valence-electron chi connectivity index (χ0n) is 26.2. The zero-order chi connectivity index (χ0) is 32.6. The maximum absolute atomic E-state index is 6.51. The summed E-state index contributed by atoms with van der Waals surface area (Å²) in [5, 5.41) is 11.1. The number of aromatic nitrogens is 5. The Balaban J connectivity index is 1.18. The second kappa shape index (κ2) is 12.1. The number of nitrogens with zero attached hydrogens (tertiary/aromatic N) is 5. The highest BCUT2D eigenvalue weighted by Crippen LogP contribution is 2.40. The molecule has 6 aromatic carbocycles. The predicted octanol–water partition coefficient (Wildman–Crippen LogP) is 10.6. The monoisotopic (exact) mass is 629 g/mol. The third-order valence-electron chi connectivity index (χ3n) is 8.66. The van der Waals surface area contributed by atoms with E-state index in [2.05, 4.69) is 52.7 Å². The number of fused-ring (bicyclic) bond motifs is 3. The summed E-state index contributed by atoms with van der Waals surface area (Å²) in [6.45, 7) is 0. The molecule has 0 radical (unpaired) electrons. The molecule has 0 saturated carbocycles. The smallest absolute Gasteiger partial charge is 0.164 e. The first kappa shape index (κ1) is 28.4. The van der Waals surface area contributed by atoms with Crippen molar-refractivity contribution in [2.75, 3.05) is 0 Å². The third kappa shape index (κ3) is 5.41. The molecule has 0 spiro atoms. The fourth-order valence-electron chi connectivity index (χ4n) is 6.18. The predicted molar refractivity (Wildman–Crippen MR) is 195 cm³/mol. The summed E-state index contributed by atoms with van der Waals surface area (Å²) in [7, 11) is 0. The normalized spacial score (nSPS) is 11.3. The lowest BCUT2D eigenvalue weighted by molar-refractivity contribution is 0.670. The first-order valence-corrected chi connectivity index (χ1v) is 16.1. The van der Waals surface area contributed by atoms with Gasteiger partial charge in [0.05, 0.1) is 11.4 Å². The Morgan fingerprint density at radius 3 is 1.39 bits per heavy atom. The Kier molecular flexibility index (Phi) is 7.02. The van der Waals surface area contributed by atoms with Crippen LogP contribution in [0.1, 0.15) is 0 Å². The van der Waals surface area contributed by atoms with Gasteiger partial charge < -0.3 is 4.42 Å². The van der Waals surface area contributed by atoms with Crippen molar-refractivity contribution in [3.8, 4) is 67.8 Å². The second-order valence-corrected chi connectivity index (χ2v) is 11.8. The van der Waals surface area contributed by atoms with Gasteiger partial charge in [-0.25, -0.2) is 15.0 Å². The van der Waals surface area contributed by atoms with E-state index in [1.54, 1.807) is 0 Å². The van der Waals surface area contributed by atoms with Crippen molar-refractivity contribution in [2.24, 2.45) is 0 Å². The van der Waals surface area contributed by atoms with Crippen LogP contribution >= 0.6 is 0 Å². The maximum atomic E-state index is 6.51. The summed E-state index contributed by atoms with van der Waals surface area (Å²) in [6, 6.07) is 54.9. The van der Waals surface area contributed by atoms with Gasteiger partial charge in [-0.1, -0.05) is 133 Å². The highest BCUT2D eigenvalue weighted by molar-refractivity contribution is 6.11. The molecule has 0 atom stereocenters. The lowest BCUT2D eigenvalue weighted by Gasteiger charge is -2.11. The number of hydrogen-bond donors (Lipinski definition) is 0. The number of para-hydroxylation sites is 1. The summed E-state index contributed by atoms with van der Waals surface area (Å²) in [5.74, 6) is 1.82. The minimum Gasteiger partial charge on any atom is -0.455 e. The Morgan fingerprint density at radius 2 is 0.816 bits per heavy atom. The van der Waals surface area contributed by atoms with E-state index in [1.165, 1.54) is 0 Å². The van der Waals surface area contributed by atoms with E-state index in [-0.39, 0.29) is 0 Å². The molecule has 0 N–H and O–H groups in total. The minimum absolute atomic E-state index is 0.589. The molecule has 0 amide bonds. The molecule has 3 heterocycles. The average Bonchev–Trinajstić information content (AvgIpc) is 3.57. The van der Waals surface area contributed by atoms with Gasteiger partial charge in [0.15, 0.2) is 17.5 Å². The van der Waals surface area contributed by atoms with Crippen LogP contribution in [0.5, 0.6) is 0 Å². The van der Waals surface area contributed by atoms with Gasteiger partial charge in [-0.2, -0.15) is 0 Å². The molecular formula is C43H27N5O. The van der Waals surface area contributed by atoms with Crippen LogP contribution in [0.15, 0.2) is 168 Å². The SMILES string of the molecule is c1ccc(-c2ccc(-c3ccc(-c4cc(-c5nc(-c6ccccc6)nc(-c6ccccc6)n5)cc5c4oc4ccccc45)cc3)nn2)cc1. The number of rotatable bonds is 6. The van der Waals surface area contributed by atoms with Crippen molar-refractivity contribution in [3.05, 3.63) is 164 Å². The van der Waals surface area contributed by atoms with E-state index in [1.807, 2.05) is 121 Å². The first-order chi connectivity index (χ1) is 24.3. The Hall–Kier alpha value is -6.79. The molecule has 0 unspecified atom stereocenters. The van der Waals surface area contributed by atoms with Crippen molar-refractivity contribution in [1.29, 1.82) is 0 Å². The number of furan rings is 1. The van der Waals surface area contributed by atoms with Crippen molar-refractivity contribution in [3.63, 3.8) is 0 Å². The quantitative estimate of drug-likeness (QED) is 0.182. The second-order valence-electron chi connectivity index (χ2n) is 11.8. The summed E-state index contributed by atoms with van der Waals surface area (Å²) in [4.78, 5) is 14.9. The van der Waals surface area contributed by atoms with Crippen LogP contribution in [0.3, 0.4) is 0 Å². The third-order valence-corrected chi connectivity index (χ3v) is 8.66. The van der Waals surface area contributed by atoms with E-state index in [9.17, 15) is 0 Å². The van der Waals surface area contributed by atoms with Crippen LogP contribution < -0.4 is 0 Å². The zero-order valence-corrected chi connectivity index (χ0v) is 26.2. The van der Waals surface area contributed by atoms with Crippen LogP contribution in [0.2, 0.25) is 0 Å². The molecule has 0 aliphatic carbocycles. The Morgan fingerprint density at radius 1 is 0.347 bits per heavy atom. The van der Waals surface area contributed by atoms with Gasteiger partial charge >= 0.3 is 0 Å². The largest absolute Gasteiger partial charge is 0.455 e. The molecule has 49 heavy (non-hydrogen) atoms. The van der Waals surface area contributed by atoms with Crippen molar-refractivity contribution < 1.29 is 4.42 Å². The summed E-state index contributed by atoms with van der Waals surface area (Å²) < 4.78 is 6.51. The molecule has 9 aromatic rings. The number of benzene rings is 6. The fourth-order valence-corrected chi connectivity index (χ4v) is 6.18. The molecule has 3 aromatic heterocycles. The van der Waals surface area contributed by atoms with Crippen molar-refractivity contribution >= 4 is 21.9 Å². The van der Waals surface area contributed by atoms with Crippen LogP contribution in [-0.2, 0) is 0 Å². The Bertz CT molecular complexity index is 2510. The van der Waals surface area contributed by atoms with Crippen LogP contribution in [0.25, 0.3) is 89.7 Å². The van der Waals surface area contributed by atoms with Gasteiger partial charge in [0.2, 0.25) is 0 Å². The lowest BCUT2D eigenvalue weighted by atomic mass is 9.97. The number of hydrogen-bond acceptors (Lipinski definition) is 6. The molecule has 0 aliphatic heterocycles. The van der Waals surface area contributed by atoms with E-state index in [4.69, 9.17) is 19.4 Å². The lowest BCUT2D eigenvalue weighted by Crippen LogP contribution is -2.00. The molecule has 9 rings (SSSR count). The van der Waals surface area contributed by atoms with Gasteiger partial charge in [-0.15, -0.1) is 10.2 Å². The molecular weight excluding hydrogens is 603 g/mol. The molecule has 0 fully saturated rings. The van der Waals surface area contributed by atoms with E-state index in [0.29, 0.717) is 17.5 Å². The van der Waals surface area contributed by atoms with E-state index < -0.39 is 0 Å². The Labute approximate surface area is 282 Å². The van der Waals surface area contributed by atoms with Gasteiger partial charge in [0.25, 0.3) is 0 Å². The van der Waals surface area contributed by atoms with Crippen LogP contribution in [-0.4, -0.2) is 25.1 Å². The van der Waals surface area contributed by atoms with Crippen LogP contribution in [0.4, 0.5) is 0 Å². The molecule has 6 heteroatoms. The molecule has 0 bridgehead atoms. The first-order valence-electron chi connectivity index (χ1n) is 16.1. The van der Waals surface area contributed by atoms with E-state index >= 15 is 0 Å².